The highest BCUT2D eigenvalue weighted by atomic mass is 32.1. The van der Waals surface area contributed by atoms with Gasteiger partial charge in [0.1, 0.15) is 12.2 Å². The van der Waals surface area contributed by atoms with Crippen LogP contribution in [0.3, 0.4) is 0 Å². The van der Waals surface area contributed by atoms with Crippen LogP contribution in [0.4, 0.5) is 0 Å². The number of nitrogens with zero attached hydrogens (tertiary/aromatic N) is 4. The van der Waals surface area contributed by atoms with Crippen LogP contribution in [0.2, 0.25) is 0 Å². The van der Waals surface area contributed by atoms with Gasteiger partial charge in [0.25, 0.3) is 5.91 Å². The molecule has 4 heterocycles. The van der Waals surface area contributed by atoms with Gasteiger partial charge in [0.2, 0.25) is 5.91 Å². The smallest absolute Gasteiger partial charge is 0.255 e. The summed E-state index contributed by atoms with van der Waals surface area (Å²) in [6, 6.07) is 5.66. The predicted molar refractivity (Wildman–Crippen MR) is 95.2 cm³/mol. The van der Waals surface area contributed by atoms with E-state index in [1.54, 1.807) is 39.4 Å². The molecule has 26 heavy (non-hydrogen) atoms. The molecule has 1 atom stereocenters. The Morgan fingerprint density at radius 1 is 1.35 bits per heavy atom. The third-order valence-electron chi connectivity index (χ3n) is 4.38. The molecule has 134 valence electrons. The van der Waals surface area contributed by atoms with E-state index in [4.69, 9.17) is 0 Å². The van der Waals surface area contributed by atoms with Crippen LogP contribution in [0.15, 0.2) is 42.3 Å². The molecule has 3 aromatic rings. The van der Waals surface area contributed by atoms with E-state index in [9.17, 15) is 9.59 Å². The van der Waals surface area contributed by atoms with Gasteiger partial charge in [-0.05, 0) is 17.5 Å². The lowest BCUT2D eigenvalue weighted by Crippen LogP contribution is -2.40. The van der Waals surface area contributed by atoms with Crippen molar-refractivity contribution >= 4 is 23.2 Å². The minimum absolute atomic E-state index is 0.0892. The molecular weight excluding hydrogens is 352 g/mol. The number of aromatic nitrogens is 4. The second-order valence-corrected chi connectivity index (χ2v) is 7.17. The molecule has 0 fully saturated rings. The van der Waals surface area contributed by atoms with Gasteiger partial charge in [-0.3, -0.25) is 9.59 Å². The van der Waals surface area contributed by atoms with Crippen molar-refractivity contribution in [1.82, 2.24) is 30.0 Å². The van der Waals surface area contributed by atoms with Crippen LogP contribution in [0.1, 0.15) is 21.1 Å². The van der Waals surface area contributed by atoms with Crippen molar-refractivity contribution in [2.45, 2.75) is 19.6 Å². The van der Waals surface area contributed by atoms with E-state index in [2.05, 4.69) is 20.4 Å². The second kappa shape index (κ2) is 7.12. The average molecular weight is 370 g/mol. The van der Waals surface area contributed by atoms with Gasteiger partial charge in [-0.2, -0.15) is 5.10 Å². The van der Waals surface area contributed by atoms with Crippen molar-refractivity contribution in [3.8, 4) is 0 Å². The van der Waals surface area contributed by atoms with Gasteiger partial charge >= 0.3 is 0 Å². The first-order valence-corrected chi connectivity index (χ1v) is 9.17. The Bertz CT molecular complexity index is 886. The lowest BCUT2D eigenvalue weighted by atomic mass is 10.1. The highest BCUT2D eigenvalue weighted by Crippen LogP contribution is 2.17. The Kier molecular flexibility index (Phi) is 4.53. The second-order valence-electron chi connectivity index (χ2n) is 6.14. The Morgan fingerprint density at radius 3 is 3.04 bits per heavy atom. The van der Waals surface area contributed by atoms with Crippen LogP contribution in [0, 0.1) is 5.92 Å². The first-order valence-electron chi connectivity index (χ1n) is 8.29. The molecule has 0 saturated carbocycles. The first-order chi connectivity index (χ1) is 12.7. The highest BCUT2D eigenvalue weighted by molar-refractivity contribution is 7.09. The summed E-state index contributed by atoms with van der Waals surface area (Å²) in [4.78, 5) is 35.4. The molecule has 1 aliphatic heterocycles. The van der Waals surface area contributed by atoms with Crippen molar-refractivity contribution < 1.29 is 9.59 Å². The Balaban J connectivity index is 1.52. The van der Waals surface area contributed by atoms with Crippen molar-refractivity contribution in [3.05, 3.63) is 58.6 Å². The Labute approximate surface area is 153 Å². The summed E-state index contributed by atoms with van der Waals surface area (Å²) in [6.45, 7) is 1.55. The van der Waals surface area contributed by atoms with Crippen LogP contribution in [-0.4, -0.2) is 43.0 Å². The van der Waals surface area contributed by atoms with E-state index in [0.717, 1.165) is 4.88 Å². The molecule has 2 N–H and O–H groups in total. The summed E-state index contributed by atoms with van der Waals surface area (Å²) in [7, 11) is 0. The van der Waals surface area contributed by atoms with Gasteiger partial charge in [-0.1, -0.05) is 6.07 Å². The quantitative estimate of drug-likeness (QED) is 0.723. The number of thiophene rings is 1. The summed E-state index contributed by atoms with van der Waals surface area (Å²) >= 11 is 1.60. The first kappa shape index (κ1) is 16.5. The third-order valence-corrected chi connectivity index (χ3v) is 5.26. The molecule has 0 aliphatic carbocycles. The number of carbonyl (C=O) groups excluding carboxylic acids is 2. The number of hydrogen-bond donors (Lipinski definition) is 2. The van der Waals surface area contributed by atoms with Crippen molar-refractivity contribution in [2.75, 3.05) is 6.54 Å². The zero-order valence-corrected chi connectivity index (χ0v) is 14.8. The van der Waals surface area contributed by atoms with E-state index >= 15 is 0 Å². The van der Waals surface area contributed by atoms with Crippen molar-refractivity contribution in [1.29, 1.82) is 0 Å². The number of amides is 2. The summed E-state index contributed by atoms with van der Waals surface area (Å²) in [5.74, 6) is 0.0793. The summed E-state index contributed by atoms with van der Waals surface area (Å²) in [5, 5.41) is 9.14. The van der Waals surface area contributed by atoms with E-state index in [-0.39, 0.29) is 17.7 Å². The molecule has 1 unspecified atom stereocenters. The zero-order chi connectivity index (χ0) is 17.9. The van der Waals surface area contributed by atoms with Crippen LogP contribution in [-0.2, 0) is 24.4 Å². The number of nitrogens with one attached hydrogen (secondary N) is 2. The minimum atomic E-state index is -0.388. The standard InChI is InChI=1S/C17H18N6O2S/c24-16(19-7-14-2-1-5-26-14)13-8-22(17(25)12-3-4-18-6-12)10-15-20-11-21-23(15)9-13/h1-6,11,13,18H,7-10H2,(H,19,24). The number of H-pyrrole nitrogens is 1. The number of hydrogen-bond acceptors (Lipinski definition) is 5. The van der Waals surface area contributed by atoms with Crippen molar-refractivity contribution in [3.63, 3.8) is 0 Å². The summed E-state index contributed by atoms with van der Waals surface area (Å²) in [6.07, 6.45) is 4.82. The molecule has 9 heteroatoms. The maximum absolute atomic E-state index is 12.8. The normalized spacial score (nSPS) is 16.8. The van der Waals surface area contributed by atoms with Crippen LogP contribution < -0.4 is 5.32 Å². The van der Waals surface area contributed by atoms with Gasteiger partial charge in [0, 0.05) is 23.8 Å². The van der Waals surface area contributed by atoms with Gasteiger partial charge in [-0.15, -0.1) is 11.3 Å². The number of aromatic amines is 1. The fourth-order valence-electron chi connectivity index (χ4n) is 3.02. The van der Waals surface area contributed by atoms with Crippen molar-refractivity contribution in [2.24, 2.45) is 5.92 Å². The molecule has 0 bridgehead atoms. The van der Waals surface area contributed by atoms with Crippen LogP contribution in [0.5, 0.6) is 0 Å². The van der Waals surface area contributed by atoms with Gasteiger partial charge in [-0.25, -0.2) is 9.67 Å². The molecule has 0 spiro atoms. The molecule has 4 rings (SSSR count). The molecule has 3 aromatic heterocycles. The Morgan fingerprint density at radius 2 is 2.27 bits per heavy atom. The molecule has 2 amide bonds. The maximum atomic E-state index is 12.8. The molecule has 0 saturated heterocycles. The molecule has 0 radical (unpaired) electrons. The molecule has 8 nitrogen and oxygen atoms in total. The SMILES string of the molecule is O=C(NCc1cccs1)C1CN(C(=O)c2cc[nH]c2)Cc2ncnn2C1. The fraction of sp³-hybridized carbons (Fsp3) is 0.294. The highest BCUT2D eigenvalue weighted by Gasteiger charge is 2.31. The Hall–Kier alpha value is -2.94. The summed E-state index contributed by atoms with van der Waals surface area (Å²) < 4.78 is 1.71. The number of fused-ring (bicyclic) bond motifs is 1. The third kappa shape index (κ3) is 3.38. The van der Waals surface area contributed by atoms with Crippen LogP contribution >= 0.6 is 11.3 Å². The minimum Gasteiger partial charge on any atom is -0.367 e. The zero-order valence-electron chi connectivity index (χ0n) is 14.0. The van der Waals surface area contributed by atoms with Gasteiger partial charge < -0.3 is 15.2 Å². The lowest BCUT2D eigenvalue weighted by molar-refractivity contribution is -0.125. The van der Waals surface area contributed by atoms with Gasteiger partial charge in [0.05, 0.1) is 31.1 Å². The number of carbonyl (C=O) groups is 2. The van der Waals surface area contributed by atoms with E-state index < -0.39 is 0 Å². The van der Waals surface area contributed by atoms with Gasteiger partial charge in [0.15, 0.2) is 0 Å². The predicted octanol–water partition coefficient (Wildman–Crippen LogP) is 1.26. The van der Waals surface area contributed by atoms with E-state index in [1.807, 2.05) is 17.5 Å². The molecular formula is C17H18N6O2S. The maximum Gasteiger partial charge on any atom is 0.255 e. The molecule has 1 aliphatic rings. The average Bonchev–Trinajstić information content (AvgIpc) is 3.40. The fourth-order valence-corrected chi connectivity index (χ4v) is 3.67. The van der Waals surface area contributed by atoms with Crippen LogP contribution in [0.25, 0.3) is 0 Å². The summed E-state index contributed by atoms with van der Waals surface area (Å²) in [5.41, 5.74) is 0.565. The largest absolute Gasteiger partial charge is 0.367 e. The van der Waals surface area contributed by atoms with E-state index in [1.165, 1.54) is 6.33 Å². The lowest BCUT2D eigenvalue weighted by Gasteiger charge is -2.23. The number of rotatable bonds is 4. The monoisotopic (exact) mass is 370 g/mol. The topological polar surface area (TPSA) is 95.9 Å². The molecule has 0 aromatic carbocycles. The van der Waals surface area contributed by atoms with E-state index in [0.29, 0.717) is 37.6 Å².